The third-order valence-corrected chi connectivity index (χ3v) is 7.67. The number of hydrogen-bond acceptors (Lipinski definition) is 5. The zero-order valence-corrected chi connectivity index (χ0v) is 16.4. The topological polar surface area (TPSA) is 103 Å². The summed E-state index contributed by atoms with van der Waals surface area (Å²) >= 11 is 0. The number of carbonyl (C=O) groups is 1. The number of aromatic amines is 1. The molecule has 2 fully saturated rings. The van der Waals surface area contributed by atoms with Gasteiger partial charge in [0.15, 0.2) is 0 Å². The molecule has 2 aliphatic heterocycles. The van der Waals surface area contributed by atoms with E-state index in [1.165, 1.54) is 4.31 Å². The summed E-state index contributed by atoms with van der Waals surface area (Å²) in [6.45, 7) is 2.75. The van der Waals surface area contributed by atoms with Crippen LogP contribution in [0, 0.1) is 5.92 Å². The molecule has 3 aliphatic rings. The molecule has 1 atom stereocenters. The van der Waals surface area contributed by atoms with Crippen LogP contribution in [0.1, 0.15) is 62.2 Å². The molecule has 1 aromatic heterocycles. The Morgan fingerprint density at radius 2 is 2.00 bits per heavy atom. The monoisotopic (exact) mass is 394 g/mol. The van der Waals surface area contributed by atoms with Crippen LogP contribution >= 0.6 is 0 Å². The molecule has 1 saturated carbocycles. The first-order valence-electron chi connectivity index (χ1n) is 9.81. The summed E-state index contributed by atoms with van der Waals surface area (Å²) in [4.78, 5) is 34.7. The SMILES string of the molecule is CCS(=O)(=O)N1CCc2c(nc(C3CCCCN3C(=O)C3CC3)[nH]c2=O)C1. The standard InChI is InChI=1S/C18H26N4O4S/c1-2-27(25,26)21-10-8-13-14(11-21)19-16(20-17(13)23)15-5-3-4-9-22(15)18(24)12-6-7-12/h12,15H,2-11H2,1H3,(H,19,20,23). The van der Waals surface area contributed by atoms with Gasteiger partial charge in [-0.05, 0) is 45.4 Å². The van der Waals surface area contributed by atoms with Crippen LogP contribution in [-0.2, 0) is 27.8 Å². The van der Waals surface area contributed by atoms with E-state index in [0.717, 1.165) is 32.1 Å². The van der Waals surface area contributed by atoms with Crippen molar-refractivity contribution in [2.75, 3.05) is 18.8 Å². The van der Waals surface area contributed by atoms with Gasteiger partial charge in [0.05, 0.1) is 24.0 Å². The summed E-state index contributed by atoms with van der Waals surface area (Å²) in [7, 11) is -3.33. The highest BCUT2D eigenvalue weighted by Gasteiger charge is 2.39. The second-order valence-corrected chi connectivity index (χ2v) is 9.94. The van der Waals surface area contributed by atoms with Gasteiger partial charge in [0.1, 0.15) is 5.82 Å². The molecule has 9 heteroatoms. The van der Waals surface area contributed by atoms with Gasteiger partial charge in [-0.1, -0.05) is 0 Å². The lowest BCUT2D eigenvalue weighted by Gasteiger charge is -2.36. The van der Waals surface area contributed by atoms with Crippen LogP contribution in [0.15, 0.2) is 4.79 Å². The van der Waals surface area contributed by atoms with E-state index in [2.05, 4.69) is 9.97 Å². The van der Waals surface area contributed by atoms with Crippen molar-refractivity contribution in [1.29, 1.82) is 0 Å². The maximum Gasteiger partial charge on any atom is 0.254 e. The Morgan fingerprint density at radius 1 is 1.22 bits per heavy atom. The molecule has 0 bridgehead atoms. The first-order valence-corrected chi connectivity index (χ1v) is 11.4. The van der Waals surface area contributed by atoms with Crippen molar-refractivity contribution in [3.8, 4) is 0 Å². The lowest BCUT2D eigenvalue weighted by Crippen LogP contribution is -2.43. The molecule has 0 spiro atoms. The molecule has 8 nitrogen and oxygen atoms in total. The van der Waals surface area contributed by atoms with Crippen molar-refractivity contribution in [3.05, 3.63) is 27.4 Å². The Labute approximate surface area is 159 Å². The normalized spacial score (nSPS) is 23.9. The number of amides is 1. The summed E-state index contributed by atoms with van der Waals surface area (Å²) in [6.07, 6.45) is 4.98. The fraction of sp³-hybridized carbons (Fsp3) is 0.722. The molecule has 27 heavy (non-hydrogen) atoms. The van der Waals surface area contributed by atoms with E-state index in [9.17, 15) is 18.0 Å². The van der Waals surface area contributed by atoms with Crippen LogP contribution in [-0.4, -0.2) is 52.3 Å². The number of aromatic nitrogens is 2. The highest BCUT2D eigenvalue weighted by Crippen LogP contribution is 2.37. The van der Waals surface area contributed by atoms with Gasteiger partial charge in [-0.3, -0.25) is 9.59 Å². The summed E-state index contributed by atoms with van der Waals surface area (Å²) in [5.74, 6) is 0.823. The number of fused-ring (bicyclic) bond motifs is 1. The van der Waals surface area contributed by atoms with E-state index >= 15 is 0 Å². The summed E-state index contributed by atoms with van der Waals surface area (Å²) in [5.41, 5.74) is 0.895. The molecule has 0 radical (unpaired) electrons. The van der Waals surface area contributed by atoms with Crippen molar-refractivity contribution in [3.63, 3.8) is 0 Å². The molecule has 1 N–H and O–H groups in total. The van der Waals surface area contributed by atoms with E-state index in [1.54, 1.807) is 6.92 Å². The van der Waals surface area contributed by atoms with Crippen molar-refractivity contribution < 1.29 is 13.2 Å². The molecular weight excluding hydrogens is 368 g/mol. The van der Waals surface area contributed by atoms with E-state index < -0.39 is 10.0 Å². The maximum atomic E-state index is 12.7. The molecule has 1 aromatic rings. The Morgan fingerprint density at radius 3 is 2.70 bits per heavy atom. The number of hydrogen-bond donors (Lipinski definition) is 1. The smallest absolute Gasteiger partial charge is 0.254 e. The van der Waals surface area contributed by atoms with Crippen molar-refractivity contribution >= 4 is 15.9 Å². The summed E-state index contributed by atoms with van der Waals surface area (Å²) < 4.78 is 25.8. The molecule has 3 heterocycles. The fourth-order valence-corrected chi connectivity index (χ4v) is 5.11. The number of carbonyl (C=O) groups excluding carboxylic acids is 1. The number of piperidine rings is 1. The van der Waals surface area contributed by atoms with Crippen LogP contribution in [0.25, 0.3) is 0 Å². The van der Waals surface area contributed by atoms with Crippen LogP contribution < -0.4 is 5.56 Å². The van der Waals surface area contributed by atoms with Gasteiger partial charge in [0.25, 0.3) is 5.56 Å². The number of sulfonamides is 1. The average molecular weight is 394 g/mol. The Balaban J connectivity index is 1.66. The van der Waals surface area contributed by atoms with E-state index in [0.29, 0.717) is 36.6 Å². The number of nitrogens with one attached hydrogen (secondary N) is 1. The zero-order valence-electron chi connectivity index (χ0n) is 15.6. The van der Waals surface area contributed by atoms with Crippen LogP contribution in [0.4, 0.5) is 0 Å². The Kier molecular flexibility index (Phi) is 4.84. The molecule has 0 aromatic carbocycles. The first kappa shape index (κ1) is 18.6. The highest BCUT2D eigenvalue weighted by atomic mass is 32.2. The Hall–Kier alpha value is -1.74. The fourth-order valence-electron chi connectivity index (χ4n) is 4.06. The van der Waals surface area contributed by atoms with Gasteiger partial charge < -0.3 is 9.88 Å². The molecule has 1 amide bonds. The first-order chi connectivity index (χ1) is 12.9. The van der Waals surface area contributed by atoms with Gasteiger partial charge in [-0.15, -0.1) is 0 Å². The predicted molar refractivity (Wildman–Crippen MR) is 99.5 cm³/mol. The average Bonchev–Trinajstić information content (AvgIpc) is 3.52. The number of nitrogens with zero attached hydrogens (tertiary/aromatic N) is 3. The lowest BCUT2D eigenvalue weighted by atomic mass is 10.00. The molecule has 1 aliphatic carbocycles. The van der Waals surface area contributed by atoms with Gasteiger partial charge in [-0.25, -0.2) is 13.4 Å². The van der Waals surface area contributed by atoms with E-state index in [4.69, 9.17) is 0 Å². The third kappa shape index (κ3) is 3.54. The van der Waals surface area contributed by atoms with Gasteiger partial charge in [-0.2, -0.15) is 4.31 Å². The highest BCUT2D eigenvalue weighted by molar-refractivity contribution is 7.89. The summed E-state index contributed by atoms with van der Waals surface area (Å²) in [5, 5.41) is 0. The number of rotatable bonds is 4. The Bertz CT molecular complexity index is 906. The second kappa shape index (κ2) is 7.01. The van der Waals surface area contributed by atoms with E-state index in [-0.39, 0.29) is 35.7 Å². The maximum absolute atomic E-state index is 12.7. The van der Waals surface area contributed by atoms with Crippen molar-refractivity contribution in [2.45, 2.75) is 58.0 Å². The molecule has 1 saturated heterocycles. The third-order valence-electron chi connectivity index (χ3n) is 5.84. The zero-order chi connectivity index (χ0) is 19.2. The minimum absolute atomic E-state index is 0.0324. The van der Waals surface area contributed by atoms with E-state index in [1.807, 2.05) is 4.90 Å². The van der Waals surface area contributed by atoms with Gasteiger partial charge in [0, 0.05) is 24.6 Å². The molecular formula is C18H26N4O4S. The van der Waals surface area contributed by atoms with Crippen molar-refractivity contribution in [2.24, 2.45) is 5.92 Å². The van der Waals surface area contributed by atoms with Crippen LogP contribution in [0.2, 0.25) is 0 Å². The number of likely N-dealkylation sites (tertiary alicyclic amines) is 1. The number of H-pyrrole nitrogens is 1. The minimum atomic E-state index is -3.33. The largest absolute Gasteiger partial charge is 0.332 e. The molecule has 148 valence electrons. The lowest BCUT2D eigenvalue weighted by molar-refractivity contribution is -0.136. The summed E-state index contributed by atoms with van der Waals surface area (Å²) in [6, 6.07) is -0.219. The quantitative estimate of drug-likeness (QED) is 0.819. The second-order valence-electron chi connectivity index (χ2n) is 7.68. The van der Waals surface area contributed by atoms with Gasteiger partial charge in [0.2, 0.25) is 15.9 Å². The van der Waals surface area contributed by atoms with Crippen LogP contribution in [0.3, 0.4) is 0 Å². The van der Waals surface area contributed by atoms with Crippen molar-refractivity contribution in [1.82, 2.24) is 19.2 Å². The van der Waals surface area contributed by atoms with Gasteiger partial charge >= 0.3 is 0 Å². The van der Waals surface area contributed by atoms with Crippen LogP contribution in [0.5, 0.6) is 0 Å². The predicted octanol–water partition coefficient (Wildman–Crippen LogP) is 0.941. The molecule has 1 unspecified atom stereocenters. The minimum Gasteiger partial charge on any atom is -0.332 e. The molecule has 4 rings (SSSR count).